The van der Waals surface area contributed by atoms with Crippen LogP contribution in [-0.4, -0.2) is 41.1 Å². The van der Waals surface area contributed by atoms with E-state index < -0.39 is 0 Å². The van der Waals surface area contributed by atoms with Crippen molar-refractivity contribution >= 4 is 24.7 Å². The zero-order valence-electron chi connectivity index (χ0n) is 9.43. The van der Waals surface area contributed by atoms with E-state index in [1.165, 1.54) is 0 Å². The molecule has 0 aromatic rings. The van der Waals surface area contributed by atoms with Crippen LogP contribution in [0, 0.1) is 0 Å². The van der Waals surface area contributed by atoms with Gasteiger partial charge >= 0.3 is 5.95 Å². The maximum Gasteiger partial charge on any atom is 0.310 e. The summed E-state index contributed by atoms with van der Waals surface area (Å²) >= 11 is 5.21. The van der Waals surface area contributed by atoms with E-state index in [0.717, 1.165) is 18.8 Å². The molecule has 0 aromatic carbocycles. The van der Waals surface area contributed by atoms with E-state index in [1.807, 2.05) is 6.26 Å². The molecule has 0 spiro atoms. The molecule has 0 aliphatic carbocycles. The Morgan fingerprint density at radius 1 is 1.53 bits per heavy atom. The molecular weight excluding hydrogens is 232 g/mol. The van der Waals surface area contributed by atoms with Crippen molar-refractivity contribution in [2.24, 2.45) is 5.73 Å². The highest BCUT2D eigenvalue weighted by molar-refractivity contribution is 7.98. The molecule has 0 bridgehead atoms. The summed E-state index contributed by atoms with van der Waals surface area (Å²) in [5.41, 5.74) is 6.15. The number of nitrogens with two attached hydrogens (primary N) is 1. The first-order valence-electron chi connectivity index (χ1n) is 4.85. The lowest BCUT2D eigenvalue weighted by Gasteiger charge is -2.29. The van der Waals surface area contributed by atoms with Gasteiger partial charge in [0.1, 0.15) is 5.70 Å². The van der Waals surface area contributed by atoms with Gasteiger partial charge in [-0.05, 0) is 19.3 Å². The summed E-state index contributed by atoms with van der Waals surface area (Å²) in [5.74, 6) is 0.513. The molecule has 1 atom stereocenters. The Morgan fingerprint density at radius 3 is 2.40 bits per heavy atom. The smallest absolute Gasteiger partial charge is 0.310 e. The lowest BCUT2D eigenvalue weighted by Crippen LogP contribution is -2.41. The van der Waals surface area contributed by atoms with Crippen molar-refractivity contribution in [1.29, 1.82) is 0 Å². The van der Waals surface area contributed by atoms with Gasteiger partial charge in [0.25, 0.3) is 0 Å². The van der Waals surface area contributed by atoms with E-state index in [1.54, 1.807) is 11.8 Å². The third-order valence-electron chi connectivity index (χ3n) is 2.27. The van der Waals surface area contributed by atoms with Gasteiger partial charge in [-0.1, -0.05) is 13.8 Å². The molecular formula is C9H20N2O2S2. The Bertz CT molecular complexity index is 208. The minimum Gasteiger partial charge on any atom is -0.479 e. The van der Waals surface area contributed by atoms with Crippen LogP contribution in [0.3, 0.4) is 0 Å². The van der Waals surface area contributed by atoms with E-state index in [2.05, 4.69) is 35.8 Å². The number of nitrogens with zero attached hydrogens (tertiary/aromatic N) is 1. The summed E-state index contributed by atoms with van der Waals surface area (Å²) in [4.78, 5) is 2.16. The van der Waals surface area contributed by atoms with E-state index in [-0.39, 0.29) is 12.0 Å². The van der Waals surface area contributed by atoms with Gasteiger partial charge in [-0.15, -0.1) is 0 Å². The van der Waals surface area contributed by atoms with Gasteiger partial charge in [0.15, 0.2) is 0 Å². The molecule has 0 aliphatic heterocycles. The second kappa shape index (κ2) is 8.01. The summed E-state index contributed by atoms with van der Waals surface area (Å²) in [7, 11) is 0. The molecule has 0 aliphatic rings. The summed E-state index contributed by atoms with van der Waals surface area (Å²) in [6, 6.07) is -0.0119. The zero-order chi connectivity index (χ0) is 11.8. The number of aliphatic hydroxyl groups excluding tert-OH is 1. The number of likely N-dealkylation sites (N-methyl/N-ethyl adjacent to an activating group) is 1. The van der Waals surface area contributed by atoms with Crippen LogP contribution < -0.4 is 5.73 Å². The average molecular weight is 252 g/mol. The van der Waals surface area contributed by atoms with Crippen LogP contribution >= 0.6 is 24.7 Å². The molecule has 0 aromatic heterocycles. The fraction of sp³-hybridized carbons (Fsp3) is 0.778. The molecule has 15 heavy (non-hydrogen) atoms. The Kier molecular flexibility index (Phi) is 7.90. The van der Waals surface area contributed by atoms with Crippen molar-refractivity contribution in [3.8, 4) is 0 Å². The van der Waals surface area contributed by atoms with Crippen LogP contribution in [0.15, 0.2) is 11.6 Å². The van der Waals surface area contributed by atoms with E-state index in [9.17, 15) is 5.11 Å². The Labute approximate surface area is 101 Å². The number of rotatable bonds is 7. The van der Waals surface area contributed by atoms with Crippen LogP contribution in [0.25, 0.3) is 0 Å². The topological polar surface area (TPSA) is 58.7 Å². The minimum atomic E-state index is -0.302. The molecule has 3 N–H and O–H groups in total. The quantitative estimate of drug-likeness (QED) is 0.365. The number of thiol groups is 1. The van der Waals surface area contributed by atoms with Crippen molar-refractivity contribution < 1.29 is 9.29 Å². The van der Waals surface area contributed by atoms with Gasteiger partial charge in [-0.25, -0.2) is 0 Å². The molecule has 0 amide bonds. The van der Waals surface area contributed by atoms with E-state index in [0.29, 0.717) is 5.70 Å². The molecule has 90 valence electrons. The maximum atomic E-state index is 9.38. The van der Waals surface area contributed by atoms with Gasteiger partial charge in [-0.2, -0.15) is 11.8 Å². The van der Waals surface area contributed by atoms with Crippen LogP contribution in [0.1, 0.15) is 13.8 Å². The molecule has 0 radical (unpaired) electrons. The lowest BCUT2D eigenvalue weighted by atomic mass is 10.2. The van der Waals surface area contributed by atoms with Crippen molar-refractivity contribution in [2.45, 2.75) is 19.9 Å². The molecule has 0 saturated heterocycles. The second-order valence-corrected chi connectivity index (χ2v) is 4.14. The monoisotopic (exact) mass is 252 g/mol. The zero-order valence-corrected chi connectivity index (χ0v) is 11.1. The van der Waals surface area contributed by atoms with Gasteiger partial charge in [0.2, 0.25) is 0 Å². The molecule has 0 heterocycles. The Hall–Kier alpha value is -0.200. The minimum absolute atomic E-state index is 0.0119. The predicted octanol–water partition coefficient (Wildman–Crippen LogP) is 1.61. The Morgan fingerprint density at radius 2 is 2.07 bits per heavy atom. The van der Waals surface area contributed by atoms with Crippen molar-refractivity contribution in [3.05, 3.63) is 11.6 Å². The Balaban J connectivity index is 4.78. The lowest BCUT2D eigenvalue weighted by molar-refractivity contribution is 0.202. The third-order valence-corrected chi connectivity index (χ3v) is 3.09. The van der Waals surface area contributed by atoms with Gasteiger partial charge in [-0.3, -0.25) is 4.90 Å². The number of hydrogen-bond donors (Lipinski definition) is 3. The number of hydrogen-bond acceptors (Lipinski definition) is 6. The van der Waals surface area contributed by atoms with Crippen LogP contribution in [-0.2, 0) is 4.18 Å². The highest BCUT2D eigenvalue weighted by Gasteiger charge is 2.21. The molecule has 6 heteroatoms. The molecule has 1 unspecified atom stereocenters. The highest BCUT2D eigenvalue weighted by atomic mass is 32.2. The van der Waals surface area contributed by atoms with Crippen LogP contribution in [0.4, 0.5) is 0 Å². The van der Waals surface area contributed by atoms with Gasteiger partial charge in [0, 0.05) is 18.7 Å². The fourth-order valence-corrected chi connectivity index (χ4v) is 2.22. The number of thioether (sulfide) groups is 1. The summed E-state index contributed by atoms with van der Waals surface area (Å²) in [6.45, 7) is 5.87. The van der Waals surface area contributed by atoms with Crippen molar-refractivity contribution in [1.82, 2.24) is 4.90 Å². The van der Waals surface area contributed by atoms with Crippen LogP contribution in [0.5, 0.6) is 0 Å². The van der Waals surface area contributed by atoms with Gasteiger partial charge < -0.3 is 15.0 Å². The highest BCUT2D eigenvalue weighted by Crippen LogP contribution is 2.15. The fourth-order valence-electron chi connectivity index (χ4n) is 1.41. The first-order valence-corrected chi connectivity index (χ1v) is 6.61. The largest absolute Gasteiger partial charge is 0.479 e. The van der Waals surface area contributed by atoms with Crippen molar-refractivity contribution in [3.63, 3.8) is 0 Å². The first kappa shape index (κ1) is 14.8. The average Bonchev–Trinajstić information content (AvgIpc) is 2.27. The summed E-state index contributed by atoms with van der Waals surface area (Å²) < 4.78 is 4.45. The summed E-state index contributed by atoms with van der Waals surface area (Å²) in [5, 5.41) is 9.38. The van der Waals surface area contributed by atoms with E-state index in [4.69, 9.17) is 5.73 Å². The predicted molar refractivity (Wildman–Crippen MR) is 69.0 cm³/mol. The standard InChI is InChI=1S/C9H20N2O2S2/c1-4-11(5-2)7(6-15-3)8(10)9(12)13-14/h7,12,14H,4-6,10H2,1-3H3/b9-8-. The van der Waals surface area contributed by atoms with Gasteiger partial charge in [0.05, 0.1) is 6.04 Å². The van der Waals surface area contributed by atoms with E-state index >= 15 is 0 Å². The molecule has 0 rings (SSSR count). The third kappa shape index (κ3) is 4.44. The molecule has 4 nitrogen and oxygen atoms in total. The molecule has 0 saturated carbocycles. The van der Waals surface area contributed by atoms with Crippen molar-refractivity contribution in [2.75, 3.05) is 25.1 Å². The summed E-state index contributed by atoms with van der Waals surface area (Å²) in [6.07, 6.45) is 2.00. The number of aliphatic hydroxyl groups is 1. The SMILES string of the molecule is CCN(CC)C(CSC)/C(N)=C(\O)OS. The first-order chi connectivity index (χ1) is 7.12. The second-order valence-electron chi connectivity index (χ2n) is 3.04. The van der Waals surface area contributed by atoms with Crippen LogP contribution in [0.2, 0.25) is 0 Å². The maximum absolute atomic E-state index is 9.38. The molecule has 0 fully saturated rings. The normalized spacial score (nSPS) is 15.0.